The Balaban J connectivity index is 2.06. The molecule has 122 valence electrons. The van der Waals surface area contributed by atoms with Gasteiger partial charge in [-0.15, -0.1) is 0 Å². The SMILES string of the molecule is O=C(N[C@@H]1CNCC[C@@H]1Cc1ccc(Cl)c(Cl)c1)C(F)(F)F. The van der Waals surface area contributed by atoms with Crippen molar-refractivity contribution in [2.24, 2.45) is 5.92 Å². The van der Waals surface area contributed by atoms with Crippen molar-refractivity contribution >= 4 is 29.1 Å². The number of amides is 1. The second kappa shape index (κ2) is 7.06. The van der Waals surface area contributed by atoms with Gasteiger partial charge in [0, 0.05) is 12.6 Å². The van der Waals surface area contributed by atoms with Crippen LogP contribution in [0.3, 0.4) is 0 Å². The van der Waals surface area contributed by atoms with E-state index in [1.165, 1.54) is 0 Å². The van der Waals surface area contributed by atoms with Gasteiger partial charge in [-0.2, -0.15) is 13.2 Å². The van der Waals surface area contributed by atoms with E-state index in [2.05, 4.69) is 10.6 Å². The lowest BCUT2D eigenvalue weighted by Gasteiger charge is -2.33. The van der Waals surface area contributed by atoms with E-state index in [9.17, 15) is 18.0 Å². The second-order valence-corrected chi connectivity index (χ2v) is 6.10. The summed E-state index contributed by atoms with van der Waals surface area (Å²) < 4.78 is 37.2. The quantitative estimate of drug-likeness (QED) is 0.875. The first-order valence-electron chi connectivity index (χ1n) is 6.79. The van der Waals surface area contributed by atoms with Gasteiger partial charge in [-0.1, -0.05) is 29.3 Å². The molecule has 2 rings (SSSR count). The van der Waals surface area contributed by atoms with Crippen LogP contribution in [0.15, 0.2) is 18.2 Å². The van der Waals surface area contributed by atoms with Gasteiger partial charge >= 0.3 is 12.1 Å². The highest BCUT2D eigenvalue weighted by Gasteiger charge is 2.41. The average molecular weight is 355 g/mol. The van der Waals surface area contributed by atoms with Crippen LogP contribution in [-0.4, -0.2) is 31.2 Å². The maximum Gasteiger partial charge on any atom is 0.471 e. The molecule has 0 radical (unpaired) electrons. The van der Waals surface area contributed by atoms with Crippen LogP contribution in [-0.2, 0) is 11.2 Å². The molecule has 3 nitrogen and oxygen atoms in total. The van der Waals surface area contributed by atoms with Crippen molar-refractivity contribution in [1.82, 2.24) is 10.6 Å². The average Bonchev–Trinajstić information content (AvgIpc) is 2.44. The molecule has 1 saturated heterocycles. The smallest absolute Gasteiger partial charge is 0.344 e. The first-order valence-corrected chi connectivity index (χ1v) is 7.55. The fraction of sp³-hybridized carbons (Fsp3) is 0.500. The van der Waals surface area contributed by atoms with E-state index in [0.717, 1.165) is 5.56 Å². The van der Waals surface area contributed by atoms with Crippen molar-refractivity contribution < 1.29 is 18.0 Å². The molecule has 2 N–H and O–H groups in total. The molecule has 0 aliphatic carbocycles. The molecule has 2 atom stereocenters. The van der Waals surface area contributed by atoms with E-state index in [0.29, 0.717) is 36.0 Å². The van der Waals surface area contributed by atoms with Crippen LogP contribution in [0, 0.1) is 5.92 Å². The van der Waals surface area contributed by atoms with Crippen LogP contribution in [0.4, 0.5) is 13.2 Å². The number of carbonyl (C=O) groups is 1. The van der Waals surface area contributed by atoms with Crippen LogP contribution < -0.4 is 10.6 Å². The van der Waals surface area contributed by atoms with Crippen molar-refractivity contribution in [3.63, 3.8) is 0 Å². The number of hydrogen-bond acceptors (Lipinski definition) is 2. The fourth-order valence-corrected chi connectivity index (χ4v) is 2.87. The van der Waals surface area contributed by atoms with Gasteiger partial charge in [0.15, 0.2) is 0 Å². The largest absolute Gasteiger partial charge is 0.471 e. The number of carbonyl (C=O) groups excluding carboxylic acids is 1. The van der Waals surface area contributed by atoms with E-state index in [1.807, 2.05) is 0 Å². The Labute approximate surface area is 136 Å². The van der Waals surface area contributed by atoms with Crippen molar-refractivity contribution in [3.05, 3.63) is 33.8 Å². The second-order valence-electron chi connectivity index (χ2n) is 5.28. The Kier molecular flexibility index (Phi) is 5.58. The number of nitrogens with one attached hydrogen (secondary N) is 2. The molecule has 22 heavy (non-hydrogen) atoms. The Morgan fingerprint density at radius 3 is 2.68 bits per heavy atom. The molecule has 1 aliphatic rings. The minimum Gasteiger partial charge on any atom is -0.344 e. The summed E-state index contributed by atoms with van der Waals surface area (Å²) in [6.07, 6.45) is -3.67. The molecule has 0 aromatic heterocycles. The normalized spacial score (nSPS) is 22.4. The molecule has 1 aliphatic heterocycles. The van der Waals surface area contributed by atoms with Gasteiger partial charge in [0.2, 0.25) is 0 Å². The van der Waals surface area contributed by atoms with Crippen LogP contribution in [0.1, 0.15) is 12.0 Å². The predicted molar refractivity (Wildman–Crippen MR) is 79.1 cm³/mol. The zero-order chi connectivity index (χ0) is 16.3. The number of hydrogen-bond donors (Lipinski definition) is 2. The lowest BCUT2D eigenvalue weighted by atomic mass is 9.87. The van der Waals surface area contributed by atoms with Crippen molar-refractivity contribution in [3.8, 4) is 0 Å². The van der Waals surface area contributed by atoms with Crippen molar-refractivity contribution in [2.45, 2.75) is 25.1 Å². The van der Waals surface area contributed by atoms with Gasteiger partial charge in [-0.05, 0) is 43.0 Å². The summed E-state index contributed by atoms with van der Waals surface area (Å²) in [5, 5.41) is 5.90. The number of halogens is 5. The maximum atomic E-state index is 12.4. The lowest BCUT2D eigenvalue weighted by Crippen LogP contribution is -2.54. The minimum absolute atomic E-state index is 0.0928. The maximum absolute atomic E-state index is 12.4. The molecular weight excluding hydrogens is 340 g/mol. The van der Waals surface area contributed by atoms with Gasteiger partial charge in [-0.25, -0.2) is 0 Å². The van der Waals surface area contributed by atoms with Crippen LogP contribution in [0.25, 0.3) is 0 Å². The van der Waals surface area contributed by atoms with E-state index in [4.69, 9.17) is 23.2 Å². The highest BCUT2D eigenvalue weighted by Crippen LogP contribution is 2.26. The highest BCUT2D eigenvalue weighted by atomic mass is 35.5. The standard InChI is InChI=1S/C14H15Cl2F3N2O/c15-10-2-1-8(6-11(10)16)5-9-3-4-20-7-12(9)21-13(22)14(17,18)19/h1-2,6,9,12,20H,3-5,7H2,(H,21,22)/t9-,12-/m1/s1. The van der Waals surface area contributed by atoms with Crippen molar-refractivity contribution in [2.75, 3.05) is 13.1 Å². The molecule has 8 heteroatoms. The van der Waals surface area contributed by atoms with E-state index in [1.54, 1.807) is 18.2 Å². The molecule has 1 aromatic rings. The Morgan fingerprint density at radius 1 is 1.32 bits per heavy atom. The van der Waals surface area contributed by atoms with Gasteiger partial charge in [0.25, 0.3) is 0 Å². The third-order valence-corrected chi connectivity index (χ3v) is 4.42. The van der Waals surface area contributed by atoms with Crippen LogP contribution in [0.2, 0.25) is 10.0 Å². The molecule has 0 spiro atoms. The zero-order valence-electron chi connectivity index (χ0n) is 11.5. The number of alkyl halides is 3. The summed E-state index contributed by atoms with van der Waals surface area (Å²) in [7, 11) is 0. The van der Waals surface area contributed by atoms with Crippen LogP contribution >= 0.6 is 23.2 Å². The fourth-order valence-electron chi connectivity index (χ4n) is 2.55. The summed E-state index contributed by atoms with van der Waals surface area (Å²) in [5.41, 5.74) is 0.882. The first kappa shape index (κ1) is 17.4. The Bertz CT molecular complexity index is 551. The van der Waals surface area contributed by atoms with Gasteiger partial charge in [-0.3, -0.25) is 4.79 Å². The van der Waals surface area contributed by atoms with Crippen molar-refractivity contribution in [1.29, 1.82) is 0 Å². The lowest BCUT2D eigenvalue weighted by molar-refractivity contribution is -0.174. The highest BCUT2D eigenvalue weighted by molar-refractivity contribution is 6.42. The number of benzene rings is 1. The summed E-state index contributed by atoms with van der Waals surface area (Å²) in [6, 6.07) is 4.58. The van der Waals surface area contributed by atoms with Gasteiger partial charge < -0.3 is 10.6 Å². The third-order valence-electron chi connectivity index (χ3n) is 3.68. The summed E-state index contributed by atoms with van der Waals surface area (Å²) >= 11 is 11.8. The molecule has 0 unspecified atom stereocenters. The van der Waals surface area contributed by atoms with E-state index in [-0.39, 0.29) is 5.92 Å². The Hall–Kier alpha value is -0.980. The first-order chi connectivity index (χ1) is 10.3. The molecular formula is C14H15Cl2F3N2O. The molecule has 1 heterocycles. The molecule has 1 fully saturated rings. The van der Waals surface area contributed by atoms with Gasteiger partial charge in [0.1, 0.15) is 0 Å². The number of piperidine rings is 1. The molecule has 1 aromatic carbocycles. The van der Waals surface area contributed by atoms with E-state index < -0.39 is 18.1 Å². The molecule has 0 bridgehead atoms. The Morgan fingerprint density at radius 2 is 2.05 bits per heavy atom. The zero-order valence-corrected chi connectivity index (χ0v) is 13.0. The van der Waals surface area contributed by atoms with E-state index >= 15 is 0 Å². The van der Waals surface area contributed by atoms with Crippen LogP contribution in [0.5, 0.6) is 0 Å². The summed E-state index contributed by atoms with van der Waals surface area (Å²) in [6.45, 7) is 1.01. The predicted octanol–water partition coefficient (Wildman–Crippen LogP) is 3.19. The summed E-state index contributed by atoms with van der Waals surface area (Å²) in [5.74, 6) is -2.00. The summed E-state index contributed by atoms with van der Waals surface area (Å²) in [4.78, 5) is 11.1. The topological polar surface area (TPSA) is 41.1 Å². The number of rotatable bonds is 3. The van der Waals surface area contributed by atoms with Gasteiger partial charge in [0.05, 0.1) is 10.0 Å². The monoisotopic (exact) mass is 354 g/mol. The minimum atomic E-state index is -4.87. The molecule has 0 saturated carbocycles. The molecule has 1 amide bonds. The third kappa shape index (κ3) is 4.51.